The van der Waals surface area contributed by atoms with Crippen molar-refractivity contribution in [2.45, 2.75) is 109 Å². The van der Waals surface area contributed by atoms with Gasteiger partial charge in [-0.3, -0.25) is 0 Å². The topological polar surface area (TPSA) is 35.5 Å². The van der Waals surface area contributed by atoms with Crippen molar-refractivity contribution in [3.63, 3.8) is 0 Å². The quantitative estimate of drug-likeness (QED) is 0.412. The lowest BCUT2D eigenvalue weighted by molar-refractivity contribution is -0.183. The molecule has 1 rings (SSSR count). The van der Waals surface area contributed by atoms with Crippen molar-refractivity contribution in [1.82, 2.24) is 0 Å². The van der Waals surface area contributed by atoms with Crippen LogP contribution in [-0.4, -0.2) is 41.4 Å². The number of hydrogen-bond donors (Lipinski definition) is 0. The van der Waals surface area contributed by atoms with Crippen LogP contribution in [0.15, 0.2) is 0 Å². The van der Waals surface area contributed by atoms with Gasteiger partial charge in [-0.1, -0.05) is 74.7 Å². The molecule has 0 aromatic rings. The molecule has 1 heterocycles. The van der Waals surface area contributed by atoms with Crippen LogP contribution in [0.4, 0.5) is 0 Å². The first-order valence-corrected chi connectivity index (χ1v) is 15.9. The molecule has 0 N–H and O–H groups in total. The van der Waals surface area contributed by atoms with Gasteiger partial charge in [0.2, 0.25) is 0 Å². The number of ether oxygens (including phenoxy) is 2. The van der Waals surface area contributed by atoms with Crippen LogP contribution in [0, 0.1) is 5.41 Å². The predicted molar refractivity (Wildman–Crippen MR) is 117 cm³/mol. The van der Waals surface area contributed by atoms with Gasteiger partial charge in [-0.05, 0) is 28.6 Å². The molecule has 0 amide bonds. The van der Waals surface area contributed by atoms with Gasteiger partial charge >= 0.3 is 5.97 Å². The first-order chi connectivity index (χ1) is 11.2. The molecule has 26 heavy (non-hydrogen) atoms. The number of carbonyl (C=O) groups excluding carboxylic acids is 1. The lowest BCUT2D eigenvalue weighted by Gasteiger charge is -2.78. The van der Waals surface area contributed by atoms with Gasteiger partial charge < -0.3 is 9.47 Å². The lowest BCUT2D eigenvalue weighted by Crippen LogP contribution is -2.78. The number of carbonyl (C=O) groups is 1. The number of esters is 1. The van der Waals surface area contributed by atoms with Crippen LogP contribution in [0.1, 0.15) is 62.3 Å². The van der Waals surface area contributed by atoms with Gasteiger partial charge in [0, 0.05) is 12.5 Å². The van der Waals surface area contributed by atoms with Crippen LogP contribution in [0.2, 0.25) is 40.9 Å². The highest BCUT2D eigenvalue weighted by atomic mass is 28.4. The molecule has 0 saturated carbocycles. The Morgan fingerprint density at radius 3 is 1.50 bits per heavy atom. The molecule has 0 radical (unpaired) electrons. The van der Waals surface area contributed by atoms with E-state index in [9.17, 15) is 4.79 Å². The predicted octanol–water partition coefficient (Wildman–Crippen LogP) is 6.27. The summed E-state index contributed by atoms with van der Waals surface area (Å²) in [7, 11) is -1.95. The van der Waals surface area contributed by atoms with E-state index in [1.165, 1.54) is 0 Å². The van der Waals surface area contributed by atoms with Crippen molar-refractivity contribution < 1.29 is 14.3 Å². The average molecular weight is 401 g/mol. The molecule has 154 valence electrons. The van der Waals surface area contributed by atoms with Crippen molar-refractivity contribution in [2.24, 2.45) is 5.41 Å². The van der Waals surface area contributed by atoms with Crippen molar-refractivity contribution in [3.8, 4) is 0 Å². The fourth-order valence-corrected chi connectivity index (χ4v) is 21.5. The third kappa shape index (κ3) is 2.48. The van der Waals surface area contributed by atoms with Crippen LogP contribution in [0.3, 0.4) is 0 Å². The summed E-state index contributed by atoms with van der Waals surface area (Å²) in [6.45, 7) is 31.7. The second kappa shape index (κ2) is 6.18. The van der Waals surface area contributed by atoms with Gasteiger partial charge in [0.1, 0.15) is 12.2 Å². The van der Waals surface area contributed by atoms with Crippen LogP contribution in [0.5, 0.6) is 0 Å². The summed E-state index contributed by atoms with van der Waals surface area (Å²) in [5, 5.41) is 0.152. The Morgan fingerprint density at radius 2 is 1.19 bits per heavy atom. The Balaban J connectivity index is 3.78. The highest BCUT2D eigenvalue weighted by Gasteiger charge is 2.78. The smallest absolute Gasteiger partial charge is 0.332 e. The molecule has 0 bridgehead atoms. The Kier molecular flexibility index (Phi) is 5.68. The maximum absolute atomic E-state index is 12.4. The zero-order valence-electron chi connectivity index (χ0n) is 19.9. The lowest BCUT2D eigenvalue weighted by atomic mass is 9.59. The van der Waals surface area contributed by atoms with Crippen molar-refractivity contribution in [1.29, 1.82) is 0 Å². The molecular formula is C21H44O3Si2. The van der Waals surface area contributed by atoms with E-state index >= 15 is 0 Å². The van der Waals surface area contributed by atoms with Gasteiger partial charge in [0.15, 0.2) is 0 Å². The Hall–Kier alpha value is -0.136. The minimum atomic E-state index is -1.75. The zero-order valence-corrected chi connectivity index (χ0v) is 21.9. The summed E-state index contributed by atoms with van der Waals surface area (Å²) in [4.78, 5) is 12.4. The minimum Gasteiger partial charge on any atom is -0.457 e. The minimum absolute atomic E-state index is 0.00744. The molecule has 0 atom stereocenters. The van der Waals surface area contributed by atoms with Gasteiger partial charge in [-0.25, -0.2) is 4.79 Å². The summed E-state index contributed by atoms with van der Waals surface area (Å²) < 4.78 is 11.5. The normalized spacial score (nSPS) is 27.6. The Bertz CT molecular complexity index is 542. The van der Waals surface area contributed by atoms with E-state index in [4.69, 9.17) is 9.47 Å². The summed E-state index contributed by atoms with van der Waals surface area (Å²) >= 11 is 0. The molecule has 0 spiro atoms. The molecule has 0 aromatic heterocycles. The second-order valence-electron chi connectivity index (χ2n) is 11.7. The molecule has 1 aliphatic heterocycles. The highest BCUT2D eigenvalue weighted by molar-refractivity contribution is 7.03. The van der Waals surface area contributed by atoms with Crippen LogP contribution < -0.4 is 0 Å². The molecule has 0 unspecified atom stereocenters. The maximum atomic E-state index is 12.4. The first-order valence-electron chi connectivity index (χ1n) is 9.91. The van der Waals surface area contributed by atoms with E-state index in [2.05, 4.69) is 88.5 Å². The number of rotatable bonds is 4. The number of methoxy groups -OCH3 is 1. The third-order valence-corrected chi connectivity index (χ3v) is 27.8. The highest BCUT2D eigenvalue weighted by Crippen LogP contribution is 2.81. The van der Waals surface area contributed by atoms with E-state index in [0.29, 0.717) is 4.66 Å². The van der Waals surface area contributed by atoms with E-state index in [0.717, 1.165) is 0 Å². The fourth-order valence-electron chi connectivity index (χ4n) is 6.41. The van der Waals surface area contributed by atoms with Gasteiger partial charge in [-0.15, -0.1) is 0 Å². The standard InChI is InChI=1S/C21H44O3Si2/c1-17(2,24-16(22)15-23-10)21(9)18(3,4)25(11,12)20(7,8)26(13,14)19(21,5)6/h15H2,1-14H3. The SMILES string of the molecule is COCC(=O)OC(C)(C)C1(C)C(C)(C)[Si](C)(C)C(C)(C)[Si](C)(C)C1(C)C. The Morgan fingerprint density at radius 1 is 0.846 bits per heavy atom. The van der Waals surface area contributed by atoms with E-state index in [1.807, 2.05) is 0 Å². The van der Waals surface area contributed by atoms with Gasteiger partial charge in [0.25, 0.3) is 0 Å². The molecule has 3 nitrogen and oxygen atoms in total. The monoisotopic (exact) mass is 400 g/mol. The van der Waals surface area contributed by atoms with Crippen LogP contribution in [0.25, 0.3) is 0 Å². The molecule has 1 fully saturated rings. The molecule has 0 aromatic carbocycles. The van der Waals surface area contributed by atoms with E-state index in [1.54, 1.807) is 7.11 Å². The summed E-state index contributed by atoms with van der Waals surface area (Å²) in [5.74, 6) is -0.269. The number of hydrogen-bond acceptors (Lipinski definition) is 3. The van der Waals surface area contributed by atoms with E-state index < -0.39 is 21.7 Å². The Labute approximate surface area is 164 Å². The third-order valence-electron chi connectivity index (χ3n) is 10.6. The summed E-state index contributed by atoms with van der Waals surface area (Å²) in [6, 6.07) is 0. The van der Waals surface area contributed by atoms with Crippen LogP contribution in [-0.2, 0) is 14.3 Å². The first kappa shape index (κ1) is 23.9. The summed E-state index contributed by atoms with van der Waals surface area (Å²) in [5.41, 5.74) is -0.738. The van der Waals surface area contributed by atoms with Crippen LogP contribution >= 0.6 is 0 Å². The van der Waals surface area contributed by atoms with Crippen molar-refractivity contribution in [2.75, 3.05) is 13.7 Å². The second-order valence-corrected chi connectivity index (χ2v) is 23.7. The average Bonchev–Trinajstić information content (AvgIpc) is 2.43. The zero-order chi connectivity index (χ0) is 21.2. The van der Waals surface area contributed by atoms with Crippen molar-refractivity contribution >= 4 is 22.1 Å². The largest absolute Gasteiger partial charge is 0.457 e. The molecular weight excluding hydrogens is 356 g/mol. The fraction of sp³-hybridized carbons (Fsp3) is 0.952. The van der Waals surface area contributed by atoms with E-state index in [-0.39, 0.29) is 28.1 Å². The molecule has 5 heteroatoms. The molecule has 1 saturated heterocycles. The van der Waals surface area contributed by atoms with Gasteiger partial charge in [-0.2, -0.15) is 0 Å². The van der Waals surface area contributed by atoms with Gasteiger partial charge in [0.05, 0.1) is 16.1 Å². The molecule has 1 aliphatic rings. The maximum Gasteiger partial charge on any atom is 0.332 e. The summed E-state index contributed by atoms with van der Waals surface area (Å²) in [6.07, 6.45) is 0. The van der Waals surface area contributed by atoms with Crippen molar-refractivity contribution in [3.05, 3.63) is 0 Å². The molecule has 0 aliphatic carbocycles.